The van der Waals surface area contributed by atoms with Crippen molar-refractivity contribution < 1.29 is 4.79 Å². The molecule has 0 saturated carbocycles. The third-order valence-electron chi connectivity index (χ3n) is 6.28. The summed E-state index contributed by atoms with van der Waals surface area (Å²) in [4.78, 5) is 17.6. The number of unbranched alkanes of at least 4 members (excludes halogenated alkanes) is 2. The van der Waals surface area contributed by atoms with Crippen LogP contribution in [0.5, 0.6) is 0 Å². The lowest BCUT2D eigenvalue weighted by molar-refractivity contribution is -0.118. The maximum absolute atomic E-state index is 13.2. The summed E-state index contributed by atoms with van der Waals surface area (Å²) in [7, 11) is 1.87. The third kappa shape index (κ3) is 9.20. The molecule has 0 spiro atoms. The molecular weight excluding hydrogens is 484 g/mol. The summed E-state index contributed by atoms with van der Waals surface area (Å²) in [5, 5.41) is 19.5. The van der Waals surface area contributed by atoms with Gasteiger partial charge in [0.05, 0.1) is 17.8 Å². The highest BCUT2D eigenvalue weighted by atomic mass is 16.2. The second-order valence-corrected chi connectivity index (χ2v) is 9.53. The van der Waals surface area contributed by atoms with Crippen molar-refractivity contribution in [2.75, 3.05) is 11.9 Å². The second-order valence-electron chi connectivity index (χ2n) is 9.53. The predicted octanol–water partition coefficient (Wildman–Crippen LogP) is 6.37. The van der Waals surface area contributed by atoms with E-state index in [-0.39, 0.29) is 5.91 Å². The van der Waals surface area contributed by atoms with Gasteiger partial charge in [0.1, 0.15) is 11.9 Å². The molecule has 202 valence electrons. The van der Waals surface area contributed by atoms with Gasteiger partial charge in [0, 0.05) is 37.1 Å². The standard InChI is InChI=1S/C27H26N6O.C5H12/c1-19-3-9-22(10-4-19)26(29-14-13-20-5-7-21(15-28)8-6-20)27(34)32-25-12-11-23(16-30-25)24-17-31-33(2)18-24;1-3-5-4-2/h3-12,16-18,26,29H,13-14H2,1-2H3,(H,30,32,34);3-5H2,1-2H3. The Morgan fingerprint density at radius 1 is 0.974 bits per heavy atom. The van der Waals surface area contributed by atoms with Gasteiger partial charge in [0.15, 0.2) is 0 Å². The Morgan fingerprint density at radius 2 is 1.69 bits per heavy atom. The minimum atomic E-state index is -0.529. The summed E-state index contributed by atoms with van der Waals surface area (Å²) < 4.78 is 1.74. The van der Waals surface area contributed by atoms with E-state index in [1.54, 1.807) is 35.3 Å². The fraction of sp³-hybridized carbons (Fsp3) is 0.312. The van der Waals surface area contributed by atoms with Crippen LogP contribution in [0.1, 0.15) is 61.4 Å². The monoisotopic (exact) mass is 522 g/mol. The fourth-order valence-corrected chi connectivity index (χ4v) is 3.99. The van der Waals surface area contributed by atoms with Crippen molar-refractivity contribution in [3.05, 3.63) is 102 Å². The van der Waals surface area contributed by atoms with Crippen molar-refractivity contribution >= 4 is 11.7 Å². The number of pyridine rings is 1. The molecule has 39 heavy (non-hydrogen) atoms. The maximum Gasteiger partial charge on any atom is 0.247 e. The van der Waals surface area contributed by atoms with Crippen molar-refractivity contribution in [2.24, 2.45) is 7.05 Å². The Labute approximate surface area is 231 Å². The first-order valence-electron chi connectivity index (χ1n) is 13.5. The predicted molar refractivity (Wildman–Crippen MR) is 157 cm³/mol. The molecular formula is C32H38N6O. The van der Waals surface area contributed by atoms with Crippen LogP contribution in [0.3, 0.4) is 0 Å². The summed E-state index contributed by atoms with van der Waals surface area (Å²) >= 11 is 0. The lowest BCUT2D eigenvalue weighted by Crippen LogP contribution is -2.34. The number of aryl methyl sites for hydroxylation is 2. The molecule has 7 nitrogen and oxygen atoms in total. The van der Waals surface area contributed by atoms with E-state index in [1.165, 1.54) is 19.3 Å². The smallest absolute Gasteiger partial charge is 0.247 e. The number of carbonyl (C=O) groups is 1. The summed E-state index contributed by atoms with van der Waals surface area (Å²) in [5.41, 5.74) is 5.65. The number of nitrogens with zero attached hydrogens (tertiary/aromatic N) is 4. The maximum atomic E-state index is 13.2. The SMILES string of the molecule is CCCCC.Cc1ccc(C(NCCc2ccc(C#N)cc2)C(=O)Nc2ccc(-c3cnn(C)c3)cn2)cc1. The van der Waals surface area contributed by atoms with Gasteiger partial charge in [0.25, 0.3) is 0 Å². The highest BCUT2D eigenvalue weighted by Crippen LogP contribution is 2.20. The van der Waals surface area contributed by atoms with Crippen LogP contribution >= 0.6 is 0 Å². The zero-order valence-electron chi connectivity index (χ0n) is 23.3. The topological polar surface area (TPSA) is 95.6 Å². The zero-order valence-corrected chi connectivity index (χ0v) is 23.3. The third-order valence-corrected chi connectivity index (χ3v) is 6.28. The zero-order chi connectivity index (χ0) is 28.0. The van der Waals surface area contributed by atoms with Crippen LogP contribution in [0, 0.1) is 18.3 Å². The molecule has 0 aliphatic heterocycles. The van der Waals surface area contributed by atoms with Gasteiger partial charge in [-0.2, -0.15) is 10.4 Å². The minimum Gasteiger partial charge on any atom is -0.309 e. The first-order chi connectivity index (χ1) is 18.9. The largest absolute Gasteiger partial charge is 0.309 e. The van der Waals surface area contributed by atoms with E-state index in [2.05, 4.69) is 40.6 Å². The van der Waals surface area contributed by atoms with E-state index in [0.717, 1.165) is 34.2 Å². The highest BCUT2D eigenvalue weighted by Gasteiger charge is 2.20. The summed E-state index contributed by atoms with van der Waals surface area (Å²) in [6, 6.07) is 20.7. The average molecular weight is 523 g/mol. The molecule has 2 heterocycles. The second kappa shape index (κ2) is 15.2. The van der Waals surface area contributed by atoms with E-state index in [0.29, 0.717) is 17.9 Å². The van der Waals surface area contributed by atoms with E-state index in [4.69, 9.17) is 5.26 Å². The molecule has 0 bridgehead atoms. The van der Waals surface area contributed by atoms with Crippen LogP contribution < -0.4 is 10.6 Å². The van der Waals surface area contributed by atoms with Crippen LogP contribution in [0.15, 0.2) is 79.3 Å². The van der Waals surface area contributed by atoms with Gasteiger partial charge in [-0.15, -0.1) is 0 Å². The first-order valence-corrected chi connectivity index (χ1v) is 13.5. The van der Waals surface area contributed by atoms with Gasteiger partial charge in [-0.3, -0.25) is 9.48 Å². The number of hydrogen-bond donors (Lipinski definition) is 2. The number of hydrogen-bond acceptors (Lipinski definition) is 5. The fourth-order valence-electron chi connectivity index (χ4n) is 3.99. The van der Waals surface area contributed by atoms with E-state index in [1.807, 2.05) is 62.6 Å². The number of anilines is 1. The lowest BCUT2D eigenvalue weighted by Gasteiger charge is -2.19. The molecule has 0 aliphatic rings. The number of nitriles is 1. The number of amides is 1. The Morgan fingerprint density at radius 3 is 2.23 bits per heavy atom. The molecule has 0 saturated heterocycles. The Bertz CT molecular complexity index is 1330. The summed E-state index contributed by atoms with van der Waals surface area (Å²) in [6.07, 6.45) is 10.2. The van der Waals surface area contributed by atoms with E-state index >= 15 is 0 Å². The van der Waals surface area contributed by atoms with Gasteiger partial charge in [0.2, 0.25) is 5.91 Å². The quantitative estimate of drug-likeness (QED) is 0.252. The molecule has 1 amide bonds. The van der Waals surface area contributed by atoms with Crippen molar-refractivity contribution in [1.29, 1.82) is 5.26 Å². The van der Waals surface area contributed by atoms with Crippen molar-refractivity contribution in [1.82, 2.24) is 20.1 Å². The number of nitrogens with one attached hydrogen (secondary N) is 2. The molecule has 7 heteroatoms. The van der Waals surface area contributed by atoms with Gasteiger partial charge in [-0.05, 0) is 48.7 Å². The molecule has 0 fully saturated rings. The highest BCUT2D eigenvalue weighted by molar-refractivity contribution is 5.95. The lowest BCUT2D eigenvalue weighted by atomic mass is 10.0. The van der Waals surface area contributed by atoms with E-state index < -0.39 is 6.04 Å². The normalized spacial score (nSPS) is 11.2. The van der Waals surface area contributed by atoms with Gasteiger partial charge < -0.3 is 10.6 Å². The number of carbonyl (C=O) groups excluding carboxylic acids is 1. The number of benzene rings is 2. The van der Waals surface area contributed by atoms with Crippen LogP contribution in [-0.2, 0) is 18.3 Å². The molecule has 2 aromatic heterocycles. The Balaban J connectivity index is 0.000000771. The van der Waals surface area contributed by atoms with Gasteiger partial charge in [-0.1, -0.05) is 75.1 Å². The van der Waals surface area contributed by atoms with Gasteiger partial charge in [-0.25, -0.2) is 4.98 Å². The Kier molecular flexibility index (Phi) is 11.4. The van der Waals surface area contributed by atoms with E-state index in [9.17, 15) is 4.79 Å². The number of aromatic nitrogens is 3. The Hall–Kier alpha value is -4.28. The average Bonchev–Trinajstić information content (AvgIpc) is 3.39. The minimum absolute atomic E-state index is 0.176. The van der Waals surface area contributed by atoms with Crippen LogP contribution in [0.4, 0.5) is 5.82 Å². The van der Waals surface area contributed by atoms with Gasteiger partial charge >= 0.3 is 0 Å². The molecule has 4 rings (SSSR count). The molecule has 4 aromatic rings. The van der Waals surface area contributed by atoms with Crippen molar-refractivity contribution in [3.8, 4) is 17.2 Å². The molecule has 1 atom stereocenters. The first kappa shape index (κ1) is 29.3. The number of rotatable bonds is 10. The van der Waals surface area contributed by atoms with Crippen molar-refractivity contribution in [2.45, 2.75) is 52.5 Å². The van der Waals surface area contributed by atoms with Crippen LogP contribution in [0.2, 0.25) is 0 Å². The molecule has 0 radical (unpaired) electrons. The molecule has 1 unspecified atom stereocenters. The van der Waals surface area contributed by atoms with Crippen LogP contribution in [-0.4, -0.2) is 27.2 Å². The summed E-state index contributed by atoms with van der Waals surface area (Å²) in [5.74, 6) is 0.314. The summed E-state index contributed by atoms with van der Waals surface area (Å²) in [6.45, 7) is 7.04. The van der Waals surface area contributed by atoms with Crippen molar-refractivity contribution in [3.63, 3.8) is 0 Å². The molecule has 0 aliphatic carbocycles. The molecule has 2 N–H and O–H groups in total. The van der Waals surface area contributed by atoms with Crippen LogP contribution in [0.25, 0.3) is 11.1 Å². The molecule has 2 aromatic carbocycles.